The van der Waals surface area contributed by atoms with Gasteiger partial charge in [-0.3, -0.25) is 38.7 Å². The number of carbonyl (C=O) groups excluding carboxylic acids is 2. The number of methoxy groups -OCH3 is 4. The summed E-state index contributed by atoms with van der Waals surface area (Å²) in [6.45, 7) is -1.66. The van der Waals surface area contributed by atoms with Crippen LogP contribution in [0.1, 0.15) is 0 Å². The van der Waals surface area contributed by atoms with Gasteiger partial charge in [0.1, 0.15) is 0 Å². The first kappa shape index (κ1) is 36.1. The predicted octanol–water partition coefficient (Wildman–Crippen LogP) is -3.38. The third-order valence-electron chi connectivity index (χ3n) is 5.26. The molecule has 0 saturated carbocycles. The molecule has 0 spiro atoms. The second-order valence-electron chi connectivity index (χ2n) is 8.29. The fraction of sp³-hybridized carbons (Fsp3) is 0.773. The van der Waals surface area contributed by atoms with E-state index in [0.29, 0.717) is 0 Å². The van der Waals surface area contributed by atoms with E-state index in [-0.39, 0.29) is 52.4 Å². The lowest BCUT2D eigenvalue weighted by atomic mass is 10.3. The van der Waals surface area contributed by atoms with Gasteiger partial charge in [-0.1, -0.05) is 0 Å². The number of ether oxygens (including phenoxy) is 4. The standard InChI is InChI=1S/C22H41N5O12/c1-36-21(37-2)9-23-16(28)11-26(14-19(32)33)7-5-25(13-18(30)31)6-8-27(15-20(34)35)12-17(29)24-10-22(38-3)39-4/h21-22H,5-15H2,1-4H3,(H,23,28)(H,24,29)(H,30,31)(H,32,33)(H,34,35). The summed E-state index contributed by atoms with van der Waals surface area (Å²) in [6.07, 6.45) is -1.35. The van der Waals surface area contributed by atoms with Crippen LogP contribution in [-0.4, -0.2) is 173 Å². The number of nitrogens with zero attached hydrogens (tertiary/aromatic N) is 3. The summed E-state index contributed by atoms with van der Waals surface area (Å²) in [5.74, 6) is -4.48. The monoisotopic (exact) mass is 567 g/mol. The molecule has 0 aromatic carbocycles. The van der Waals surface area contributed by atoms with E-state index in [1.165, 1.54) is 43.1 Å². The fourth-order valence-electron chi connectivity index (χ4n) is 3.28. The van der Waals surface area contributed by atoms with Gasteiger partial charge in [-0.05, 0) is 0 Å². The van der Waals surface area contributed by atoms with Gasteiger partial charge in [0.15, 0.2) is 12.6 Å². The number of carbonyl (C=O) groups is 5. The van der Waals surface area contributed by atoms with E-state index in [1.807, 2.05) is 0 Å². The van der Waals surface area contributed by atoms with Gasteiger partial charge in [-0.2, -0.15) is 0 Å². The fourth-order valence-corrected chi connectivity index (χ4v) is 3.28. The molecule has 0 radical (unpaired) electrons. The SMILES string of the molecule is COC(CNC(=O)CN(CCN(CCN(CC(=O)O)CC(=O)NCC(OC)OC)CC(=O)O)CC(=O)O)OC. The highest BCUT2D eigenvalue weighted by molar-refractivity contribution is 5.79. The molecule has 0 aromatic rings. The molecular weight excluding hydrogens is 526 g/mol. The summed E-state index contributed by atoms with van der Waals surface area (Å²) in [7, 11) is 5.60. The Hall–Kier alpha value is -2.93. The van der Waals surface area contributed by atoms with Crippen LogP contribution >= 0.6 is 0 Å². The molecule has 0 atom stereocenters. The largest absolute Gasteiger partial charge is 0.480 e. The molecule has 0 unspecified atom stereocenters. The Labute approximate surface area is 226 Å². The lowest BCUT2D eigenvalue weighted by Gasteiger charge is -2.28. The van der Waals surface area contributed by atoms with Crippen LogP contribution in [0.5, 0.6) is 0 Å². The van der Waals surface area contributed by atoms with E-state index in [9.17, 15) is 39.3 Å². The summed E-state index contributed by atoms with van der Waals surface area (Å²) >= 11 is 0. The van der Waals surface area contributed by atoms with Crippen molar-refractivity contribution in [3.05, 3.63) is 0 Å². The Morgan fingerprint density at radius 2 is 0.821 bits per heavy atom. The minimum absolute atomic E-state index is 0.0276. The van der Waals surface area contributed by atoms with Crippen molar-refractivity contribution in [1.82, 2.24) is 25.3 Å². The van der Waals surface area contributed by atoms with Crippen molar-refractivity contribution in [1.29, 1.82) is 0 Å². The number of carboxylic acids is 3. The van der Waals surface area contributed by atoms with Crippen molar-refractivity contribution >= 4 is 29.7 Å². The normalized spacial score (nSPS) is 11.5. The zero-order valence-electron chi connectivity index (χ0n) is 22.8. The number of nitrogens with one attached hydrogen (secondary N) is 2. The highest BCUT2D eigenvalue weighted by Gasteiger charge is 2.20. The van der Waals surface area contributed by atoms with Crippen molar-refractivity contribution in [3.8, 4) is 0 Å². The summed E-state index contributed by atoms with van der Waals surface area (Å²) in [4.78, 5) is 62.6. The molecular formula is C22H41N5O12. The number of hydrogen-bond acceptors (Lipinski definition) is 12. The van der Waals surface area contributed by atoms with Crippen LogP contribution in [0.2, 0.25) is 0 Å². The predicted molar refractivity (Wildman–Crippen MR) is 134 cm³/mol. The first-order valence-electron chi connectivity index (χ1n) is 11.9. The summed E-state index contributed by atoms with van der Waals surface area (Å²) in [6, 6.07) is 0. The third-order valence-corrected chi connectivity index (χ3v) is 5.26. The Bertz CT molecular complexity index is 710. The molecule has 226 valence electrons. The number of aliphatic carboxylic acids is 3. The molecule has 39 heavy (non-hydrogen) atoms. The van der Waals surface area contributed by atoms with E-state index < -0.39 is 61.9 Å². The van der Waals surface area contributed by atoms with E-state index in [1.54, 1.807) is 0 Å². The van der Waals surface area contributed by atoms with Gasteiger partial charge in [0.25, 0.3) is 0 Å². The van der Waals surface area contributed by atoms with E-state index in [0.717, 1.165) is 0 Å². The highest BCUT2D eigenvalue weighted by atomic mass is 16.7. The molecule has 0 aliphatic rings. The maximum absolute atomic E-state index is 12.3. The van der Waals surface area contributed by atoms with Crippen molar-refractivity contribution < 1.29 is 58.2 Å². The van der Waals surface area contributed by atoms with Crippen molar-refractivity contribution in [2.75, 3.05) is 100 Å². The molecule has 0 fully saturated rings. The Kier molecular flexibility index (Phi) is 19.4. The molecule has 17 heteroatoms. The second kappa shape index (κ2) is 21.0. The summed E-state index contributed by atoms with van der Waals surface area (Å²) < 4.78 is 19.9. The molecule has 17 nitrogen and oxygen atoms in total. The van der Waals surface area contributed by atoms with Crippen LogP contribution in [0.3, 0.4) is 0 Å². The van der Waals surface area contributed by atoms with Gasteiger partial charge in [0, 0.05) is 54.6 Å². The van der Waals surface area contributed by atoms with Gasteiger partial charge >= 0.3 is 17.9 Å². The quantitative estimate of drug-likeness (QED) is 0.0719. The van der Waals surface area contributed by atoms with Crippen molar-refractivity contribution in [2.45, 2.75) is 12.6 Å². The van der Waals surface area contributed by atoms with E-state index in [2.05, 4.69) is 10.6 Å². The van der Waals surface area contributed by atoms with Gasteiger partial charge in [0.05, 0.1) is 45.8 Å². The Balaban J connectivity index is 5.13. The Morgan fingerprint density at radius 3 is 1.10 bits per heavy atom. The molecule has 0 bridgehead atoms. The highest BCUT2D eigenvalue weighted by Crippen LogP contribution is 1.98. The molecule has 5 N–H and O–H groups in total. The van der Waals surface area contributed by atoms with Gasteiger partial charge < -0.3 is 44.9 Å². The lowest BCUT2D eigenvalue weighted by Crippen LogP contribution is -2.48. The van der Waals surface area contributed by atoms with Gasteiger partial charge in [-0.15, -0.1) is 0 Å². The van der Waals surface area contributed by atoms with Crippen LogP contribution in [0, 0.1) is 0 Å². The lowest BCUT2D eigenvalue weighted by molar-refractivity contribution is -0.141. The average molecular weight is 568 g/mol. The molecule has 0 rings (SSSR count). The maximum Gasteiger partial charge on any atom is 0.317 e. The van der Waals surface area contributed by atoms with E-state index >= 15 is 0 Å². The smallest absolute Gasteiger partial charge is 0.317 e. The third kappa shape index (κ3) is 18.9. The number of amides is 2. The zero-order chi connectivity index (χ0) is 29.8. The van der Waals surface area contributed by atoms with Crippen LogP contribution in [-0.2, 0) is 42.9 Å². The minimum atomic E-state index is -1.18. The number of carboxylic acid groups (broad SMARTS) is 3. The molecule has 0 heterocycles. The van der Waals surface area contributed by atoms with Crippen molar-refractivity contribution in [3.63, 3.8) is 0 Å². The van der Waals surface area contributed by atoms with Crippen LogP contribution in [0.25, 0.3) is 0 Å². The van der Waals surface area contributed by atoms with Gasteiger partial charge in [-0.25, -0.2) is 0 Å². The average Bonchev–Trinajstić information content (AvgIpc) is 2.85. The summed E-state index contributed by atoms with van der Waals surface area (Å²) in [5, 5.41) is 32.9. The van der Waals surface area contributed by atoms with Crippen molar-refractivity contribution in [2.24, 2.45) is 0 Å². The number of hydrogen-bond donors (Lipinski definition) is 5. The minimum Gasteiger partial charge on any atom is -0.480 e. The van der Waals surface area contributed by atoms with Crippen LogP contribution < -0.4 is 10.6 Å². The Morgan fingerprint density at radius 1 is 0.538 bits per heavy atom. The summed E-state index contributed by atoms with van der Waals surface area (Å²) in [5.41, 5.74) is 0. The van der Waals surface area contributed by atoms with Crippen LogP contribution in [0.15, 0.2) is 0 Å². The topological polar surface area (TPSA) is 217 Å². The molecule has 2 amide bonds. The first-order valence-corrected chi connectivity index (χ1v) is 11.9. The zero-order valence-corrected chi connectivity index (χ0v) is 22.8. The molecule has 0 saturated heterocycles. The molecule has 0 aliphatic heterocycles. The molecule has 0 aromatic heterocycles. The second-order valence-corrected chi connectivity index (χ2v) is 8.29. The maximum atomic E-state index is 12.3. The van der Waals surface area contributed by atoms with Crippen LogP contribution in [0.4, 0.5) is 0 Å². The number of rotatable bonds is 24. The first-order chi connectivity index (χ1) is 18.4. The van der Waals surface area contributed by atoms with Gasteiger partial charge in [0.2, 0.25) is 11.8 Å². The van der Waals surface area contributed by atoms with E-state index in [4.69, 9.17) is 18.9 Å². The molecule has 0 aliphatic carbocycles.